The van der Waals surface area contributed by atoms with Crippen LogP contribution in [0.3, 0.4) is 0 Å². The largest absolute Gasteiger partial charge is 0.325 e. The highest BCUT2D eigenvalue weighted by molar-refractivity contribution is 5.99. The van der Waals surface area contributed by atoms with Gasteiger partial charge in [-0.05, 0) is 17.7 Å². The fraction of sp³-hybridized carbons (Fsp3) is 0.125. The topological polar surface area (TPSA) is 82.1 Å². The van der Waals surface area contributed by atoms with Gasteiger partial charge in [-0.1, -0.05) is 12.1 Å². The number of nitrogens with one attached hydrogen (secondary N) is 2. The molecular weight excluding hydrogens is 154 g/mol. The maximum atomic E-state index is 8.50. The Labute approximate surface area is 70.5 Å². The third kappa shape index (κ3) is 1.81. The van der Waals surface area contributed by atoms with Crippen molar-refractivity contribution < 1.29 is 5.21 Å². The maximum Gasteiger partial charge on any atom is 0.0602 e. The number of anilines is 1. The van der Waals surface area contributed by atoms with Crippen LogP contribution in [-0.2, 0) is 0 Å². The van der Waals surface area contributed by atoms with Crippen LogP contribution in [-0.4, -0.2) is 17.5 Å². The molecule has 0 atom stereocenters. The van der Waals surface area contributed by atoms with Gasteiger partial charge in [-0.3, -0.25) is 10.7 Å². The third-order valence-corrected chi connectivity index (χ3v) is 1.57. The summed E-state index contributed by atoms with van der Waals surface area (Å²) in [5.74, 6) is 0. The zero-order chi connectivity index (χ0) is 8.97. The van der Waals surface area contributed by atoms with Crippen molar-refractivity contribution in [2.75, 3.05) is 12.0 Å². The minimum Gasteiger partial charge on any atom is -0.325 e. The smallest absolute Gasteiger partial charge is 0.0602 e. The molecule has 4 nitrogen and oxygen atoms in total. The van der Waals surface area contributed by atoms with Crippen molar-refractivity contribution in [1.82, 2.24) is 0 Å². The lowest BCUT2D eigenvalue weighted by Crippen LogP contribution is -2.13. The molecule has 0 amide bonds. The van der Waals surface area contributed by atoms with E-state index in [1.807, 2.05) is 5.48 Å². The Morgan fingerprint density at radius 2 is 2.00 bits per heavy atom. The van der Waals surface area contributed by atoms with Crippen LogP contribution in [0.5, 0.6) is 0 Å². The van der Waals surface area contributed by atoms with Gasteiger partial charge in [0.15, 0.2) is 0 Å². The van der Waals surface area contributed by atoms with Gasteiger partial charge in [-0.2, -0.15) is 0 Å². The van der Waals surface area contributed by atoms with Gasteiger partial charge >= 0.3 is 0 Å². The number of rotatable bonds is 3. The SMILES string of the molecule is N=C(CN)c1ccc(NO)cc1. The van der Waals surface area contributed by atoms with E-state index in [0.717, 1.165) is 5.56 Å². The summed E-state index contributed by atoms with van der Waals surface area (Å²) in [5, 5.41) is 15.9. The van der Waals surface area contributed by atoms with Gasteiger partial charge in [0.25, 0.3) is 0 Å². The lowest BCUT2D eigenvalue weighted by atomic mass is 10.1. The third-order valence-electron chi connectivity index (χ3n) is 1.57. The molecule has 1 aromatic rings. The van der Waals surface area contributed by atoms with Crippen LogP contribution >= 0.6 is 0 Å². The average Bonchev–Trinajstić information content (AvgIpc) is 2.17. The molecule has 64 valence electrons. The molecule has 0 radical (unpaired) electrons. The Kier molecular flexibility index (Phi) is 2.79. The van der Waals surface area contributed by atoms with Crippen molar-refractivity contribution in [3.63, 3.8) is 0 Å². The Bertz CT molecular complexity index is 268. The summed E-state index contributed by atoms with van der Waals surface area (Å²) in [5.41, 5.74) is 9.06. The number of benzene rings is 1. The molecule has 0 unspecified atom stereocenters. The number of hydrogen-bond donors (Lipinski definition) is 4. The predicted molar refractivity (Wildman–Crippen MR) is 47.7 cm³/mol. The van der Waals surface area contributed by atoms with Crippen LogP contribution in [0.2, 0.25) is 0 Å². The van der Waals surface area contributed by atoms with E-state index in [1.165, 1.54) is 0 Å². The molecule has 0 aliphatic rings. The highest BCUT2D eigenvalue weighted by atomic mass is 16.5. The van der Waals surface area contributed by atoms with Gasteiger partial charge in [-0.25, -0.2) is 0 Å². The Morgan fingerprint density at radius 1 is 1.42 bits per heavy atom. The van der Waals surface area contributed by atoms with Gasteiger partial charge in [0.1, 0.15) is 0 Å². The summed E-state index contributed by atoms with van der Waals surface area (Å²) in [6, 6.07) is 6.82. The molecule has 0 spiro atoms. The van der Waals surface area contributed by atoms with Crippen molar-refractivity contribution >= 4 is 11.4 Å². The van der Waals surface area contributed by atoms with Gasteiger partial charge in [0.2, 0.25) is 0 Å². The zero-order valence-corrected chi connectivity index (χ0v) is 6.54. The molecule has 0 aliphatic heterocycles. The van der Waals surface area contributed by atoms with Crippen molar-refractivity contribution in [3.05, 3.63) is 29.8 Å². The second-order valence-electron chi connectivity index (χ2n) is 2.37. The van der Waals surface area contributed by atoms with Crippen LogP contribution in [0.1, 0.15) is 5.56 Å². The van der Waals surface area contributed by atoms with Gasteiger partial charge in [0.05, 0.1) is 11.4 Å². The Balaban J connectivity index is 2.84. The van der Waals surface area contributed by atoms with Crippen molar-refractivity contribution in [3.8, 4) is 0 Å². The lowest BCUT2D eigenvalue weighted by molar-refractivity contribution is 0.389. The van der Waals surface area contributed by atoms with E-state index < -0.39 is 0 Å². The first-order valence-electron chi connectivity index (χ1n) is 3.56. The lowest BCUT2D eigenvalue weighted by Gasteiger charge is -2.02. The highest BCUT2D eigenvalue weighted by Gasteiger charge is 1.97. The summed E-state index contributed by atoms with van der Waals surface area (Å²) < 4.78 is 0. The van der Waals surface area contributed by atoms with Gasteiger partial charge in [0, 0.05) is 6.54 Å². The normalized spacial score (nSPS) is 9.50. The predicted octanol–water partition coefficient (Wildman–Crippen LogP) is 0.814. The van der Waals surface area contributed by atoms with E-state index in [4.69, 9.17) is 16.4 Å². The molecule has 0 aliphatic carbocycles. The summed E-state index contributed by atoms with van der Waals surface area (Å²) in [4.78, 5) is 0. The average molecular weight is 165 g/mol. The monoisotopic (exact) mass is 165 g/mol. The van der Waals surface area contributed by atoms with E-state index in [0.29, 0.717) is 11.4 Å². The molecule has 4 heteroatoms. The highest BCUT2D eigenvalue weighted by Crippen LogP contribution is 2.08. The van der Waals surface area contributed by atoms with Crippen LogP contribution in [0, 0.1) is 5.41 Å². The van der Waals surface area contributed by atoms with E-state index in [9.17, 15) is 0 Å². The van der Waals surface area contributed by atoms with Gasteiger partial charge in [-0.15, -0.1) is 0 Å². The van der Waals surface area contributed by atoms with E-state index >= 15 is 0 Å². The molecule has 1 aromatic carbocycles. The molecule has 0 saturated carbocycles. The molecule has 0 bridgehead atoms. The van der Waals surface area contributed by atoms with Crippen LogP contribution < -0.4 is 11.2 Å². The standard InChI is InChI=1S/C8H11N3O/c9-5-8(10)6-1-3-7(11-12)4-2-6/h1-4,10-12H,5,9H2. The van der Waals surface area contributed by atoms with E-state index in [1.54, 1.807) is 24.3 Å². The first kappa shape index (κ1) is 8.70. The van der Waals surface area contributed by atoms with Crippen LogP contribution in [0.25, 0.3) is 0 Å². The fourth-order valence-electron chi connectivity index (χ4n) is 0.864. The quantitative estimate of drug-likeness (QED) is 0.395. The molecule has 5 N–H and O–H groups in total. The molecule has 0 heterocycles. The molecule has 12 heavy (non-hydrogen) atoms. The fourth-order valence-corrected chi connectivity index (χ4v) is 0.864. The molecule has 0 aromatic heterocycles. The van der Waals surface area contributed by atoms with Gasteiger partial charge < -0.3 is 11.1 Å². The second-order valence-corrected chi connectivity index (χ2v) is 2.37. The summed E-state index contributed by atoms with van der Waals surface area (Å²) in [7, 11) is 0. The Morgan fingerprint density at radius 3 is 2.42 bits per heavy atom. The first-order chi connectivity index (χ1) is 5.77. The molecular formula is C8H11N3O. The number of hydrogen-bond acceptors (Lipinski definition) is 4. The van der Waals surface area contributed by atoms with Crippen molar-refractivity contribution in [2.45, 2.75) is 0 Å². The Hall–Kier alpha value is -1.39. The molecule has 0 fully saturated rings. The van der Waals surface area contributed by atoms with Crippen LogP contribution in [0.15, 0.2) is 24.3 Å². The minimum absolute atomic E-state index is 0.228. The summed E-state index contributed by atoms with van der Waals surface area (Å²) in [6.45, 7) is 0.228. The minimum atomic E-state index is 0.228. The van der Waals surface area contributed by atoms with Crippen LogP contribution in [0.4, 0.5) is 5.69 Å². The maximum absolute atomic E-state index is 8.50. The number of nitrogens with two attached hydrogens (primary N) is 1. The summed E-state index contributed by atoms with van der Waals surface area (Å²) in [6.07, 6.45) is 0. The zero-order valence-electron chi connectivity index (χ0n) is 6.54. The first-order valence-corrected chi connectivity index (χ1v) is 3.56. The second kappa shape index (κ2) is 3.85. The molecule has 1 rings (SSSR count). The van der Waals surface area contributed by atoms with E-state index in [-0.39, 0.29) is 6.54 Å². The summed E-state index contributed by atoms with van der Waals surface area (Å²) >= 11 is 0. The van der Waals surface area contributed by atoms with Crippen molar-refractivity contribution in [1.29, 1.82) is 5.41 Å². The molecule has 0 saturated heterocycles. The van der Waals surface area contributed by atoms with E-state index in [2.05, 4.69) is 0 Å². The van der Waals surface area contributed by atoms with Crippen molar-refractivity contribution in [2.24, 2.45) is 5.73 Å².